The van der Waals surface area contributed by atoms with Gasteiger partial charge in [-0.3, -0.25) is 0 Å². The molecule has 0 heterocycles. The van der Waals surface area contributed by atoms with E-state index in [1.807, 2.05) is 0 Å². The molecule has 0 amide bonds. The van der Waals surface area contributed by atoms with Crippen LogP contribution in [0, 0.1) is 7.14 Å². The van der Waals surface area contributed by atoms with Crippen molar-refractivity contribution < 1.29 is 0 Å². The van der Waals surface area contributed by atoms with Gasteiger partial charge in [-0.05, 0) is 91.7 Å². The first kappa shape index (κ1) is 14.1. The Bertz CT molecular complexity index is 716. The van der Waals surface area contributed by atoms with E-state index in [2.05, 4.69) is 118 Å². The van der Waals surface area contributed by atoms with Gasteiger partial charge in [0.25, 0.3) is 0 Å². The van der Waals surface area contributed by atoms with Crippen LogP contribution in [0.15, 0.2) is 72.8 Å². The van der Waals surface area contributed by atoms with Crippen molar-refractivity contribution in [1.82, 2.24) is 0 Å². The molecule has 0 N–H and O–H groups in total. The number of rotatable bonds is 2. The van der Waals surface area contributed by atoms with E-state index in [0.29, 0.717) is 0 Å². The molecule has 0 saturated heterocycles. The third-order valence-corrected chi connectivity index (χ3v) is 4.89. The lowest BCUT2D eigenvalue weighted by Gasteiger charge is -2.09. The van der Waals surface area contributed by atoms with Crippen molar-refractivity contribution in [2.24, 2.45) is 0 Å². The zero-order chi connectivity index (χ0) is 13.9. The van der Waals surface area contributed by atoms with Crippen LogP contribution < -0.4 is 0 Å². The van der Waals surface area contributed by atoms with Crippen LogP contribution >= 0.6 is 45.2 Å². The summed E-state index contributed by atoms with van der Waals surface area (Å²) in [6.45, 7) is 0. The van der Waals surface area contributed by atoms with E-state index < -0.39 is 0 Å². The monoisotopic (exact) mass is 482 g/mol. The van der Waals surface area contributed by atoms with E-state index in [1.54, 1.807) is 0 Å². The first-order valence-electron chi connectivity index (χ1n) is 6.35. The fourth-order valence-corrected chi connectivity index (χ4v) is 3.19. The molecule has 0 spiro atoms. The van der Waals surface area contributed by atoms with Gasteiger partial charge in [0, 0.05) is 7.14 Å². The van der Waals surface area contributed by atoms with E-state index in [9.17, 15) is 0 Å². The van der Waals surface area contributed by atoms with Gasteiger partial charge in [0.15, 0.2) is 0 Å². The molecule has 0 fully saturated rings. The second-order valence-corrected chi connectivity index (χ2v) is 6.98. The molecule has 0 saturated carbocycles. The van der Waals surface area contributed by atoms with Gasteiger partial charge in [-0.2, -0.15) is 0 Å². The van der Waals surface area contributed by atoms with Crippen LogP contribution in [0.5, 0.6) is 0 Å². The molecule has 0 aliphatic heterocycles. The second-order valence-electron chi connectivity index (χ2n) is 4.57. The van der Waals surface area contributed by atoms with E-state index in [-0.39, 0.29) is 0 Å². The minimum absolute atomic E-state index is 1.26. The molecule has 0 unspecified atom stereocenters. The smallest absolute Gasteiger partial charge is 0.0209 e. The van der Waals surface area contributed by atoms with E-state index in [4.69, 9.17) is 0 Å². The van der Waals surface area contributed by atoms with Crippen LogP contribution in [0.1, 0.15) is 0 Å². The fourth-order valence-electron chi connectivity index (χ4n) is 2.19. The molecular weight excluding hydrogens is 470 g/mol. The summed E-state index contributed by atoms with van der Waals surface area (Å²) in [7, 11) is 0. The van der Waals surface area contributed by atoms with Gasteiger partial charge in [0.05, 0.1) is 0 Å². The van der Waals surface area contributed by atoms with Crippen molar-refractivity contribution in [3.8, 4) is 22.3 Å². The highest BCUT2D eigenvalue weighted by molar-refractivity contribution is 14.1. The lowest BCUT2D eigenvalue weighted by atomic mass is 9.99. The van der Waals surface area contributed by atoms with Gasteiger partial charge in [-0.15, -0.1) is 0 Å². The van der Waals surface area contributed by atoms with Crippen LogP contribution in [-0.4, -0.2) is 0 Å². The number of hydrogen-bond donors (Lipinski definition) is 0. The number of hydrogen-bond acceptors (Lipinski definition) is 0. The molecule has 0 nitrogen and oxygen atoms in total. The maximum Gasteiger partial charge on any atom is 0.0209 e. The molecule has 0 aromatic heterocycles. The van der Waals surface area contributed by atoms with Gasteiger partial charge in [0.1, 0.15) is 0 Å². The topological polar surface area (TPSA) is 0 Å². The SMILES string of the molecule is Ic1ccc(-c2ccc(I)c(-c3ccccc3)c2)cc1. The normalized spacial score (nSPS) is 10.5. The van der Waals surface area contributed by atoms with Gasteiger partial charge in [-0.1, -0.05) is 48.5 Å². The third-order valence-electron chi connectivity index (χ3n) is 3.23. The van der Waals surface area contributed by atoms with Crippen LogP contribution in [0.3, 0.4) is 0 Å². The zero-order valence-electron chi connectivity index (χ0n) is 10.7. The van der Waals surface area contributed by atoms with Crippen molar-refractivity contribution in [2.45, 2.75) is 0 Å². The predicted molar refractivity (Wildman–Crippen MR) is 103 cm³/mol. The summed E-state index contributed by atoms with van der Waals surface area (Å²) < 4.78 is 2.54. The maximum absolute atomic E-state index is 2.40. The highest BCUT2D eigenvalue weighted by Gasteiger charge is 2.05. The van der Waals surface area contributed by atoms with Gasteiger partial charge >= 0.3 is 0 Å². The molecule has 0 aliphatic rings. The van der Waals surface area contributed by atoms with Gasteiger partial charge < -0.3 is 0 Å². The average Bonchev–Trinajstić information content (AvgIpc) is 2.50. The Kier molecular flexibility index (Phi) is 4.41. The zero-order valence-corrected chi connectivity index (χ0v) is 15.0. The molecule has 3 aromatic carbocycles. The molecule has 3 rings (SSSR count). The molecular formula is C18H12I2. The largest absolute Gasteiger partial charge is 0.0622 e. The molecule has 98 valence electrons. The number of benzene rings is 3. The Balaban J connectivity index is 2.09. The summed E-state index contributed by atoms with van der Waals surface area (Å²) in [5, 5.41) is 0. The predicted octanol–water partition coefficient (Wildman–Crippen LogP) is 6.23. The molecule has 0 atom stereocenters. The van der Waals surface area contributed by atoms with E-state index in [0.717, 1.165) is 0 Å². The lowest BCUT2D eigenvalue weighted by Crippen LogP contribution is -1.85. The summed E-state index contributed by atoms with van der Waals surface area (Å²) in [4.78, 5) is 0. The molecule has 2 heteroatoms. The van der Waals surface area contributed by atoms with E-state index >= 15 is 0 Å². The van der Waals surface area contributed by atoms with Gasteiger partial charge in [-0.25, -0.2) is 0 Å². The van der Waals surface area contributed by atoms with Gasteiger partial charge in [0.2, 0.25) is 0 Å². The Labute approximate surface area is 146 Å². The van der Waals surface area contributed by atoms with Crippen molar-refractivity contribution in [2.75, 3.05) is 0 Å². The third kappa shape index (κ3) is 3.06. The first-order chi connectivity index (χ1) is 9.74. The molecule has 3 aromatic rings. The highest BCUT2D eigenvalue weighted by Crippen LogP contribution is 2.30. The number of halogens is 2. The maximum atomic E-state index is 2.40. The quantitative estimate of drug-likeness (QED) is 0.380. The fraction of sp³-hybridized carbons (Fsp3) is 0. The molecule has 20 heavy (non-hydrogen) atoms. The van der Waals surface area contributed by atoms with E-state index in [1.165, 1.54) is 29.4 Å². The Hall–Kier alpha value is -0.880. The van der Waals surface area contributed by atoms with Crippen LogP contribution in [-0.2, 0) is 0 Å². The van der Waals surface area contributed by atoms with Crippen LogP contribution in [0.25, 0.3) is 22.3 Å². The van der Waals surface area contributed by atoms with Crippen molar-refractivity contribution in [3.63, 3.8) is 0 Å². The standard InChI is InChI=1S/C18H12I2/c19-16-9-6-13(7-10-16)15-8-11-18(20)17(12-15)14-4-2-1-3-5-14/h1-12H. The highest BCUT2D eigenvalue weighted by atomic mass is 127. The van der Waals surface area contributed by atoms with Crippen LogP contribution in [0.4, 0.5) is 0 Å². The van der Waals surface area contributed by atoms with Crippen molar-refractivity contribution in [1.29, 1.82) is 0 Å². The summed E-state index contributed by atoms with van der Waals surface area (Å²) in [5.41, 5.74) is 5.09. The Morgan fingerprint density at radius 2 is 1.20 bits per heavy atom. The lowest BCUT2D eigenvalue weighted by molar-refractivity contribution is 1.55. The minimum atomic E-state index is 1.26. The second kappa shape index (κ2) is 6.26. The Morgan fingerprint density at radius 1 is 0.550 bits per heavy atom. The minimum Gasteiger partial charge on any atom is -0.0622 e. The van der Waals surface area contributed by atoms with Crippen LogP contribution in [0.2, 0.25) is 0 Å². The molecule has 0 aliphatic carbocycles. The summed E-state index contributed by atoms with van der Waals surface area (Å²) in [6, 6.07) is 25.9. The molecule has 0 radical (unpaired) electrons. The first-order valence-corrected chi connectivity index (χ1v) is 8.51. The van der Waals surface area contributed by atoms with Crippen molar-refractivity contribution in [3.05, 3.63) is 79.9 Å². The summed E-state index contributed by atoms with van der Waals surface area (Å²) >= 11 is 4.74. The average molecular weight is 482 g/mol. The van der Waals surface area contributed by atoms with Crippen molar-refractivity contribution >= 4 is 45.2 Å². The summed E-state index contributed by atoms with van der Waals surface area (Å²) in [5.74, 6) is 0. The summed E-state index contributed by atoms with van der Waals surface area (Å²) in [6.07, 6.45) is 0. The Morgan fingerprint density at radius 3 is 1.90 bits per heavy atom. The molecule has 0 bridgehead atoms.